The summed E-state index contributed by atoms with van der Waals surface area (Å²) >= 11 is 1.32. The molecule has 0 saturated carbocycles. The van der Waals surface area contributed by atoms with Crippen molar-refractivity contribution in [3.05, 3.63) is 48.3 Å². The molecule has 1 unspecified atom stereocenters. The summed E-state index contributed by atoms with van der Waals surface area (Å²) in [4.78, 5) is 20.9. The second kappa shape index (κ2) is 6.78. The molecule has 2 aromatic heterocycles. The monoisotopic (exact) mass is 328 g/mol. The molecule has 0 aliphatic rings. The van der Waals surface area contributed by atoms with Gasteiger partial charge in [-0.05, 0) is 44.2 Å². The topological polar surface area (TPSA) is 69.4 Å². The van der Waals surface area contributed by atoms with Crippen molar-refractivity contribution in [2.75, 3.05) is 6.61 Å². The van der Waals surface area contributed by atoms with Gasteiger partial charge >= 0.3 is 0 Å². The van der Waals surface area contributed by atoms with Gasteiger partial charge in [0.2, 0.25) is 5.16 Å². The van der Waals surface area contributed by atoms with Gasteiger partial charge in [-0.1, -0.05) is 11.8 Å². The largest absolute Gasteiger partial charge is 0.494 e. The number of Topliss-reactive ketones (excluding diaryl/α,β-unsaturated/α-hetero) is 1. The molecule has 118 valence electrons. The van der Waals surface area contributed by atoms with Gasteiger partial charge in [0.15, 0.2) is 5.78 Å². The van der Waals surface area contributed by atoms with Gasteiger partial charge in [0, 0.05) is 18.0 Å². The predicted molar refractivity (Wildman–Crippen MR) is 88.0 cm³/mol. The zero-order valence-electron chi connectivity index (χ0n) is 12.8. The van der Waals surface area contributed by atoms with Crippen LogP contribution in [0.4, 0.5) is 0 Å². The Labute approximate surface area is 137 Å². The zero-order valence-corrected chi connectivity index (χ0v) is 13.7. The van der Waals surface area contributed by atoms with E-state index in [2.05, 4.69) is 15.1 Å². The Hall–Kier alpha value is -2.41. The number of nitrogens with zero attached hydrogens (tertiary/aromatic N) is 4. The van der Waals surface area contributed by atoms with Gasteiger partial charge in [0.1, 0.15) is 5.75 Å². The summed E-state index contributed by atoms with van der Waals surface area (Å²) in [5.74, 6) is 1.32. The summed E-state index contributed by atoms with van der Waals surface area (Å²) in [6.45, 7) is 4.38. The van der Waals surface area contributed by atoms with Crippen LogP contribution < -0.4 is 4.74 Å². The first kappa shape index (κ1) is 15.5. The number of ketones is 1. The Morgan fingerprint density at radius 1 is 1.35 bits per heavy atom. The molecule has 3 rings (SSSR count). The lowest BCUT2D eigenvalue weighted by Crippen LogP contribution is -2.13. The number of fused-ring (bicyclic) bond motifs is 1. The zero-order chi connectivity index (χ0) is 16.2. The maximum absolute atomic E-state index is 12.5. The van der Waals surface area contributed by atoms with Gasteiger partial charge < -0.3 is 4.74 Å². The van der Waals surface area contributed by atoms with Crippen molar-refractivity contribution in [1.29, 1.82) is 0 Å². The lowest BCUT2D eigenvalue weighted by atomic mass is 10.1. The molecule has 1 atom stereocenters. The number of carbonyl (C=O) groups excluding carboxylic acids is 1. The average Bonchev–Trinajstić information content (AvgIpc) is 2.97. The van der Waals surface area contributed by atoms with Gasteiger partial charge in [-0.25, -0.2) is 9.50 Å². The van der Waals surface area contributed by atoms with Gasteiger partial charge in [0.05, 0.1) is 11.9 Å². The van der Waals surface area contributed by atoms with E-state index in [0.29, 0.717) is 23.1 Å². The minimum absolute atomic E-state index is 0.0323. The highest BCUT2D eigenvalue weighted by Crippen LogP contribution is 2.24. The molecule has 6 nitrogen and oxygen atoms in total. The van der Waals surface area contributed by atoms with Gasteiger partial charge in [-0.3, -0.25) is 4.79 Å². The average molecular weight is 328 g/mol. The molecule has 0 aliphatic heterocycles. The summed E-state index contributed by atoms with van der Waals surface area (Å²) in [7, 11) is 0. The normalized spacial score (nSPS) is 12.3. The summed E-state index contributed by atoms with van der Waals surface area (Å²) in [6, 6.07) is 8.96. The molecule has 0 bridgehead atoms. The van der Waals surface area contributed by atoms with Crippen molar-refractivity contribution < 1.29 is 9.53 Å². The third-order valence-electron chi connectivity index (χ3n) is 3.20. The first-order chi connectivity index (χ1) is 11.2. The number of ether oxygens (including phenoxy) is 1. The highest BCUT2D eigenvalue weighted by Gasteiger charge is 2.19. The minimum Gasteiger partial charge on any atom is -0.494 e. The van der Waals surface area contributed by atoms with E-state index < -0.39 is 0 Å². The minimum atomic E-state index is -0.287. The second-order valence-corrected chi connectivity index (χ2v) is 6.15. The molecule has 0 amide bonds. The molecule has 0 aliphatic carbocycles. The molecular formula is C16H16N4O2S. The van der Waals surface area contributed by atoms with Crippen LogP contribution in [0.2, 0.25) is 0 Å². The Morgan fingerprint density at radius 3 is 2.83 bits per heavy atom. The van der Waals surface area contributed by atoms with Crippen molar-refractivity contribution in [3.63, 3.8) is 0 Å². The molecule has 0 N–H and O–H groups in total. The van der Waals surface area contributed by atoms with Crippen molar-refractivity contribution >= 4 is 23.3 Å². The number of benzene rings is 1. The van der Waals surface area contributed by atoms with Crippen LogP contribution in [-0.2, 0) is 0 Å². The maximum Gasteiger partial charge on any atom is 0.253 e. The molecule has 7 heteroatoms. The fourth-order valence-corrected chi connectivity index (χ4v) is 2.92. The Bertz CT molecular complexity index is 783. The summed E-state index contributed by atoms with van der Waals surface area (Å²) in [5.41, 5.74) is 0.648. The molecular weight excluding hydrogens is 312 g/mol. The highest BCUT2D eigenvalue weighted by atomic mass is 32.2. The number of thioether (sulfide) groups is 1. The van der Waals surface area contributed by atoms with E-state index in [4.69, 9.17) is 4.74 Å². The summed E-state index contributed by atoms with van der Waals surface area (Å²) < 4.78 is 6.98. The third-order valence-corrected chi connectivity index (χ3v) is 4.15. The van der Waals surface area contributed by atoms with Crippen molar-refractivity contribution in [2.24, 2.45) is 0 Å². The van der Waals surface area contributed by atoms with Crippen LogP contribution in [0.5, 0.6) is 5.75 Å². The van der Waals surface area contributed by atoms with E-state index in [1.165, 1.54) is 11.8 Å². The van der Waals surface area contributed by atoms with E-state index in [0.717, 1.165) is 5.75 Å². The second-order valence-electron chi connectivity index (χ2n) is 4.84. The van der Waals surface area contributed by atoms with Crippen LogP contribution >= 0.6 is 11.8 Å². The third kappa shape index (κ3) is 3.50. The number of carbonyl (C=O) groups is 1. The van der Waals surface area contributed by atoms with Crippen LogP contribution in [0, 0.1) is 0 Å². The van der Waals surface area contributed by atoms with E-state index in [-0.39, 0.29) is 11.0 Å². The lowest BCUT2D eigenvalue weighted by Gasteiger charge is -2.08. The van der Waals surface area contributed by atoms with E-state index >= 15 is 0 Å². The van der Waals surface area contributed by atoms with Gasteiger partial charge in [0.25, 0.3) is 5.78 Å². The van der Waals surface area contributed by atoms with Crippen LogP contribution in [0.3, 0.4) is 0 Å². The first-order valence-electron chi connectivity index (χ1n) is 7.28. The highest BCUT2D eigenvalue weighted by molar-refractivity contribution is 8.00. The molecule has 0 radical (unpaired) electrons. The Kier molecular flexibility index (Phi) is 4.57. The molecule has 3 aromatic rings. The van der Waals surface area contributed by atoms with E-state index in [1.807, 2.05) is 13.8 Å². The smallest absolute Gasteiger partial charge is 0.253 e. The van der Waals surface area contributed by atoms with Gasteiger partial charge in [-0.15, -0.1) is 5.10 Å². The molecule has 0 spiro atoms. The van der Waals surface area contributed by atoms with E-state index in [9.17, 15) is 4.79 Å². The van der Waals surface area contributed by atoms with Crippen molar-refractivity contribution in [2.45, 2.75) is 24.3 Å². The molecule has 2 heterocycles. The summed E-state index contributed by atoms with van der Waals surface area (Å²) in [6.07, 6.45) is 3.44. The van der Waals surface area contributed by atoms with Crippen molar-refractivity contribution in [3.8, 4) is 5.75 Å². The van der Waals surface area contributed by atoms with Crippen LogP contribution in [-0.4, -0.2) is 37.2 Å². The predicted octanol–water partition coefficient (Wildman–Crippen LogP) is 2.89. The molecule has 23 heavy (non-hydrogen) atoms. The van der Waals surface area contributed by atoms with Crippen molar-refractivity contribution in [1.82, 2.24) is 19.6 Å². The summed E-state index contributed by atoms with van der Waals surface area (Å²) in [5, 5.41) is 4.55. The number of aromatic nitrogens is 4. The molecule has 0 fully saturated rings. The maximum atomic E-state index is 12.5. The van der Waals surface area contributed by atoms with Crippen LogP contribution in [0.1, 0.15) is 24.2 Å². The SMILES string of the molecule is CCOc1ccc(C(=O)C(C)Sc2nc3ncccn3n2)cc1. The van der Waals surface area contributed by atoms with Gasteiger partial charge in [-0.2, -0.15) is 4.98 Å². The standard InChI is InChI=1S/C16H16N4O2S/c1-3-22-13-7-5-12(6-8-13)14(21)11(2)23-16-18-15-17-9-4-10-20(15)19-16/h4-11H,3H2,1-2H3. The molecule has 1 aromatic carbocycles. The number of hydrogen-bond acceptors (Lipinski definition) is 6. The molecule has 0 saturated heterocycles. The van der Waals surface area contributed by atoms with Crippen LogP contribution in [0.15, 0.2) is 47.9 Å². The first-order valence-corrected chi connectivity index (χ1v) is 8.16. The lowest BCUT2D eigenvalue weighted by molar-refractivity contribution is 0.0994. The fourth-order valence-electron chi connectivity index (χ4n) is 2.09. The Morgan fingerprint density at radius 2 is 2.13 bits per heavy atom. The fraction of sp³-hybridized carbons (Fsp3) is 0.250. The number of hydrogen-bond donors (Lipinski definition) is 0. The Balaban J connectivity index is 1.71. The number of rotatable bonds is 6. The quantitative estimate of drug-likeness (QED) is 0.512. The van der Waals surface area contributed by atoms with Crippen LogP contribution in [0.25, 0.3) is 5.78 Å². The van der Waals surface area contributed by atoms with E-state index in [1.54, 1.807) is 47.2 Å².